The molecule has 1 amide bonds. The quantitative estimate of drug-likeness (QED) is 0.0419. The van der Waals surface area contributed by atoms with Crippen LogP contribution in [-0.2, 0) is 33.6 Å². The summed E-state index contributed by atoms with van der Waals surface area (Å²) >= 11 is 0. The molecule has 0 spiro atoms. The number of carbonyl (C=O) groups is 1. The van der Waals surface area contributed by atoms with E-state index in [0.717, 1.165) is 16.7 Å². The molecule has 6 aromatic rings. The first-order valence-electron chi connectivity index (χ1n) is 21.2. The first-order valence-corrected chi connectivity index (χ1v) is 22.3. The molecule has 0 bridgehead atoms. The van der Waals surface area contributed by atoms with E-state index in [1.54, 1.807) is 63.6 Å². The van der Waals surface area contributed by atoms with Crippen LogP contribution in [0.25, 0.3) is 11.2 Å². The van der Waals surface area contributed by atoms with E-state index in [0.29, 0.717) is 34.8 Å². The zero-order chi connectivity index (χ0) is 45.2. The highest BCUT2D eigenvalue weighted by atomic mass is 31.2. The van der Waals surface area contributed by atoms with Gasteiger partial charge in [-0.2, -0.15) is 0 Å². The number of hydrogen-bond acceptors (Lipinski definition) is 13. The Morgan fingerprint density at radius 2 is 1.36 bits per heavy atom. The Morgan fingerprint density at radius 3 is 1.92 bits per heavy atom. The van der Waals surface area contributed by atoms with Gasteiger partial charge in [0.1, 0.15) is 41.7 Å². The number of ether oxygens (including phenoxy) is 6. The molecule has 2 aromatic heterocycles. The SMILES string of the molecule is COCCO[C@@H]1[C@H](OP(OC)N(C(C)C)C(C)C)[C@@H](COC(c2ccccc2)(c2ccc(OC)cc2)c2ccc(OC)cc2)O[C@H]1n1cnc2c(NC(=O)c3ccccc3)ncnc21. The van der Waals surface area contributed by atoms with Gasteiger partial charge in [0.05, 0.1) is 40.4 Å². The number of carbonyl (C=O) groups excluding carboxylic acids is 1. The molecule has 0 saturated carbocycles. The van der Waals surface area contributed by atoms with Gasteiger partial charge in [0.25, 0.3) is 14.4 Å². The predicted octanol–water partition coefficient (Wildman–Crippen LogP) is 8.41. The lowest BCUT2D eigenvalue weighted by Gasteiger charge is -2.39. The van der Waals surface area contributed by atoms with Crippen LogP contribution in [0.2, 0.25) is 0 Å². The van der Waals surface area contributed by atoms with E-state index in [2.05, 4.69) is 59.8 Å². The van der Waals surface area contributed by atoms with Crippen LogP contribution in [-0.4, -0.2) is 109 Å². The van der Waals surface area contributed by atoms with Crippen LogP contribution in [0.5, 0.6) is 11.5 Å². The average molecular weight is 893 g/mol. The number of imidazole rings is 1. The molecule has 338 valence electrons. The first kappa shape index (κ1) is 46.6. The average Bonchev–Trinajstić information content (AvgIpc) is 3.91. The van der Waals surface area contributed by atoms with Gasteiger partial charge in [-0.15, -0.1) is 0 Å². The molecule has 4 aromatic carbocycles. The number of nitrogens with one attached hydrogen (secondary N) is 1. The summed E-state index contributed by atoms with van der Waals surface area (Å²) in [5.41, 5.74) is 2.71. The number of nitrogens with zero attached hydrogens (tertiary/aromatic N) is 5. The second-order valence-electron chi connectivity index (χ2n) is 15.6. The fourth-order valence-corrected chi connectivity index (χ4v) is 9.69. The van der Waals surface area contributed by atoms with Crippen LogP contribution in [0.4, 0.5) is 5.82 Å². The van der Waals surface area contributed by atoms with Crippen molar-refractivity contribution in [2.75, 3.05) is 53.6 Å². The van der Waals surface area contributed by atoms with Crippen LogP contribution < -0.4 is 14.8 Å². The number of benzene rings is 4. The summed E-state index contributed by atoms with van der Waals surface area (Å²) in [5.74, 6) is 1.33. The second kappa shape index (κ2) is 21.6. The minimum atomic E-state index is -1.65. The maximum Gasteiger partial charge on any atom is 0.259 e. The summed E-state index contributed by atoms with van der Waals surface area (Å²) in [6, 6.07) is 34.9. The Morgan fingerprint density at radius 1 is 0.766 bits per heavy atom. The van der Waals surface area contributed by atoms with E-state index in [-0.39, 0.29) is 37.0 Å². The summed E-state index contributed by atoms with van der Waals surface area (Å²) in [5, 5.41) is 2.91. The van der Waals surface area contributed by atoms with E-state index in [4.69, 9.17) is 42.5 Å². The fraction of sp³-hybridized carbons (Fsp3) is 0.375. The van der Waals surface area contributed by atoms with Gasteiger partial charge in [0.2, 0.25) is 0 Å². The lowest BCUT2D eigenvalue weighted by molar-refractivity contribution is -0.0966. The van der Waals surface area contributed by atoms with Gasteiger partial charge in [-0.3, -0.25) is 9.36 Å². The molecule has 3 heterocycles. The summed E-state index contributed by atoms with van der Waals surface area (Å²) in [6.45, 7) is 9.02. The van der Waals surface area contributed by atoms with Crippen molar-refractivity contribution in [3.05, 3.63) is 144 Å². The maximum absolute atomic E-state index is 13.3. The topological polar surface area (TPSA) is 150 Å². The highest BCUT2D eigenvalue weighted by molar-refractivity contribution is 7.44. The van der Waals surface area contributed by atoms with E-state index < -0.39 is 38.7 Å². The zero-order valence-electron chi connectivity index (χ0n) is 37.5. The molecule has 1 unspecified atom stereocenters. The van der Waals surface area contributed by atoms with Crippen molar-refractivity contribution in [2.45, 2.75) is 69.9 Å². The van der Waals surface area contributed by atoms with Gasteiger partial charge in [-0.25, -0.2) is 19.6 Å². The monoisotopic (exact) mass is 892 g/mol. The Kier molecular flexibility index (Phi) is 15.7. The van der Waals surface area contributed by atoms with Crippen molar-refractivity contribution in [1.29, 1.82) is 0 Å². The van der Waals surface area contributed by atoms with E-state index >= 15 is 0 Å². The fourth-order valence-electron chi connectivity index (χ4n) is 8.09. The molecule has 64 heavy (non-hydrogen) atoms. The van der Waals surface area contributed by atoms with Crippen molar-refractivity contribution in [2.24, 2.45) is 0 Å². The van der Waals surface area contributed by atoms with Gasteiger partial charge in [-0.1, -0.05) is 72.8 Å². The van der Waals surface area contributed by atoms with Crippen molar-refractivity contribution < 1.29 is 42.3 Å². The number of hydrogen-bond donors (Lipinski definition) is 1. The Labute approximate surface area is 375 Å². The molecule has 1 aliphatic heterocycles. The van der Waals surface area contributed by atoms with E-state index in [1.165, 1.54) is 6.33 Å². The molecule has 1 fully saturated rings. The van der Waals surface area contributed by atoms with Crippen LogP contribution in [0.1, 0.15) is 61.0 Å². The molecule has 16 heteroatoms. The highest BCUT2D eigenvalue weighted by Gasteiger charge is 2.51. The molecule has 5 atom stereocenters. The minimum absolute atomic E-state index is 0.0223. The van der Waals surface area contributed by atoms with Crippen molar-refractivity contribution in [1.82, 2.24) is 24.2 Å². The Bertz CT molecular complexity index is 2330. The molecular formula is C48H57N6O9P. The van der Waals surface area contributed by atoms with Gasteiger partial charge in [-0.05, 0) is 80.8 Å². The number of fused-ring (bicyclic) bond motifs is 1. The van der Waals surface area contributed by atoms with Gasteiger partial charge < -0.3 is 42.8 Å². The van der Waals surface area contributed by atoms with Crippen molar-refractivity contribution >= 4 is 31.4 Å². The number of aromatic nitrogens is 4. The molecule has 1 saturated heterocycles. The van der Waals surface area contributed by atoms with Crippen LogP contribution >= 0.6 is 8.53 Å². The third-order valence-electron chi connectivity index (χ3n) is 11.0. The molecule has 0 aliphatic carbocycles. The van der Waals surface area contributed by atoms with Crippen molar-refractivity contribution in [3.63, 3.8) is 0 Å². The summed E-state index contributed by atoms with van der Waals surface area (Å²) in [6.07, 6.45) is -0.114. The highest BCUT2D eigenvalue weighted by Crippen LogP contribution is 2.51. The largest absolute Gasteiger partial charge is 0.497 e. The van der Waals surface area contributed by atoms with Gasteiger partial charge >= 0.3 is 0 Å². The van der Waals surface area contributed by atoms with Crippen LogP contribution in [0.15, 0.2) is 122 Å². The lowest BCUT2D eigenvalue weighted by Crippen LogP contribution is -2.43. The number of amides is 1. The van der Waals surface area contributed by atoms with Gasteiger partial charge in [0, 0.05) is 31.9 Å². The zero-order valence-corrected chi connectivity index (χ0v) is 38.4. The smallest absolute Gasteiger partial charge is 0.259 e. The summed E-state index contributed by atoms with van der Waals surface area (Å²) in [4.78, 5) is 27.1. The van der Waals surface area contributed by atoms with Crippen LogP contribution in [0, 0.1) is 0 Å². The normalized spacial score (nSPS) is 18.2. The van der Waals surface area contributed by atoms with Crippen molar-refractivity contribution in [3.8, 4) is 11.5 Å². The molecular weight excluding hydrogens is 836 g/mol. The van der Waals surface area contributed by atoms with Crippen LogP contribution in [0.3, 0.4) is 0 Å². The second-order valence-corrected chi connectivity index (χ2v) is 17.1. The van der Waals surface area contributed by atoms with Gasteiger partial charge in [0.15, 0.2) is 23.2 Å². The van der Waals surface area contributed by atoms with E-state index in [9.17, 15) is 4.79 Å². The van der Waals surface area contributed by atoms with E-state index in [1.807, 2.05) is 72.8 Å². The maximum atomic E-state index is 13.3. The third kappa shape index (κ3) is 9.97. The molecule has 15 nitrogen and oxygen atoms in total. The summed E-state index contributed by atoms with van der Waals surface area (Å²) in [7, 11) is 4.91. The first-order chi connectivity index (χ1) is 31.1. The molecule has 0 radical (unpaired) electrons. The summed E-state index contributed by atoms with van der Waals surface area (Å²) < 4.78 is 55.3. The predicted molar refractivity (Wildman–Crippen MR) is 244 cm³/mol. The standard InChI is InChI=1S/C48H57N6O9P/c1-32(2)54(33(3)4)64(59-8)63-42-40(29-61-48(35-17-13-10-14-18-35,36-19-23-38(57-6)24-20-36)37-21-25-39(58-7)26-22-37)62-47(43(42)60-28-27-56-5)53-31-51-41-44(49-30-50-45(41)53)52-46(55)34-15-11-9-12-16-34/h9-26,30-33,40,42-43,47H,27-29H2,1-8H3,(H,49,50,52,55)/t40-,42-,43-,47-,64?/m1/s1. The molecule has 7 rings (SSSR count). The number of methoxy groups -OCH3 is 3. The number of rotatable bonds is 21. The Balaban J connectivity index is 1.34. The molecule has 1 aliphatic rings. The number of anilines is 1. The minimum Gasteiger partial charge on any atom is -0.497 e. The lowest BCUT2D eigenvalue weighted by atomic mass is 9.80. The molecule has 1 N–H and O–H groups in total. The Hall–Kier alpha value is -5.35. The third-order valence-corrected chi connectivity index (χ3v) is 13.1.